The van der Waals surface area contributed by atoms with Crippen LogP contribution in [0.15, 0.2) is 47.4 Å². The molecule has 0 unspecified atom stereocenters. The Bertz CT molecular complexity index is 847. The van der Waals surface area contributed by atoms with Gasteiger partial charge in [0.1, 0.15) is 0 Å². The molecular formula is C16H16Cl2N2O3S. The molecule has 0 aliphatic rings. The second kappa shape index (κ2) is 7.53. The fourth-order valence-corrected chi connectivity index (χ4v) is 3.77. The summed E-state index contributed by atoms with van der Waals surface area (Å²) in [5.41, 5.74) is 0.456. The Morgan fingerprint density at radius 2 is 1.62 bits per heavy atom. The van der Waals surface area contributed by atoms with Crippen molar-refractivity contribution in [3.8, 4) is 0 Å². The zero-order valence-electron chi connectivity index (χ0n) is 13.0. The van der Waals surface area contributed by atoms with E-state index in [1.54, 1.807) is 32.0 Å². The highest BCUT2D eigenvalue weighted by atomic mass is 35.5. The van der Waals surface area contributed by atoms with Crippen LogP contribution < -0.4 is 10.0 Å². The summed E-state index contributed by atoms with van der Waals surface area (Å²) in [4.78, 5) is 12.4. The summed E-state index contributed by atoms with van der Waals surface area (Å²) in [6.07, 6.45) is 0. The number of nitrogens with one attached hydrogen (secondary N) is 2. The van der Waals surface area contributed by atoms with Crippen LogP contribution in [-0.2, 0) is 10.0 Å². The second-order valence-electron chi connectivity index (χ2n) is 5.35. The molecule has 1 amide bonds. The lowest BCUT2D eigenvalue weighted by atomic mass is 10.2. The first-order valence-electron chi connectivity index (χ1n) is 7.08. The summed E-state index contributed by atoms with van der Waals surface area (Å²) in [5.74, 6) is -0.508. The summed E-state index contributed by atoms with van der Waals surface area (Å²) in [5, 5.41) is 3.18. The van der Waals surface area contributed by atoms with E-state index in [0.717, 1.165) is 0 Å². The van der Waals surface area contributed by atoms with Gasteiger partial charge in [-0.25, -0.2) is 13.1 Å². The van der Waals surface area contributed by atoms with Gasteiger partial charge in [0, 0.05) is 11.6 Å². The minimum absolute atomic E-state index is 0.00843. The van der Waals surface area contributed by atoms with Crippen molar-refractivity contribution < 1.29 is 13.2 Å². The Morgan fingerprint density at radius 3 is 2.21 bits per heavy atom. The predicted octanol–water partition coefficient (Wildman–Crippen LogP) is 3.93. The zero-order chi connectivity index (χ0) is 17.9. The lowest BCUT2D eigenvalue weighted by Crippen LogP contribution is -2.30. The van der Waals surface area contributed by atoms with Gasteiger partial charge in [-0.2, -0.15) is 0 Å². The predicted molar refractivity (Wildman–Crippen MR) is 96.3 cm³/mol. The normalized spacial score (nSPS) is 11.5. The number of rotatable bonds is 5. The van der Waals surface area contributed by atoms with Crippen LogP contribution in [0.4, 0.5) is 5.69 Å². The number of carbonyl (C=O) groups is 1. The van der Waals surface area contributed by atoms with Crippen molar-refractivity contribution in [3.05, 3.63) is 58.1 Å². The molecule has 0 fully saturated rings. The van der Waals surface area contributed by atoms with Gasteiger partial charge in [-0.05, 0) is 44.2 Å². The molecule has 0 aliphatic heterocycles. The maximum atomic E-state index is 12.4. The topological polar surface area (TPSA) is 75.3 Å². The molecule has 0 atom stereocenters. The highest BCUT2D eigenvalue weighted by molar-refractivity contribution is 7.89. The first-order valence-corrected chi connectivity index (χ1v) is 9.32. The second-order valence-corrected chi connectivity index (χ2v) is 7.88. The van der Waals surface area contributed by atoms with E-state index in [2.05, 4.69) is 10.0 Å². The van der Waals surface area contributed by atoms with E-state index >= 15 is 0 Å². The molecule has 2 aromatic rings. The van der Waals surface area contributed by atoms with Gasteiger partial charge in [-0.3, -0.25) is 4.79 Å². The lowest BCUT2D eigenvalue weighted by molar-refractivity contribution is 0.102. The number of halogens is 2. The monoisotopic (exact) mass is 386 g/mol. The third-order valence-corrected chi connectivity index (χ3v) is 5.28. The number of carbonyl (C=O) groups excluding carboxylic acids is 1. The Kier molecular flexibility index (Phi) is 5.87. The number of para-hydroxylation sites is 1. The molecule has 5 nitrogen and oxygen atoms in total. The Hall–Kier alpha value is -1.60. The minimum Gasteiger partial charge on any atom is -0.319 e. The molecule has 0 saturated heterocycles. The summed E-state index contributed by atoms with van der Waals surface area (Å²) in [6, 6.07) is 10.3. The first kappa shape index (κ1) is 18.7. The van der Waals surface area contributed by atoms with Crippen molar-refractivity contribution in [2.24, 2.45) is 0 Å². The van der Waals surface area contributed by atoms with Crippen molar-refractivity contribution in [1.82, 2.24) is 4.72 Å². The fourth-order valence-electron chi connectivity index (χ4n) is 1.99. The maximum absolute atomic E-state index is 12.4. The van der Waals surface area contributed by atoms with E-state index < -0.39 is 15.9 Å². The van der Waals surface area contributed by atoms with Crippen LogP contribution in [0.3, 0.4) is 0 Å². The number of hydrogen-bond donors (Lipinski definition) is 2. The molecule has 128 valence electrons. The van der Waals surface area contributed by atoms with Crippen LogP contribution in [0, 0.1) is 0 Å². The Morgan fingerprint density at radius 1 is 1.04 bits per heavy atom. The number of hydrogen-bond acceptors (Lipinski definition) is 3. The number of benzene rings is 2. The van der Waals surface area contributed by atoms with Crippen molar-refractivity contribution in [1.29, 1.82) is 0 Å². The van der Waals surface area contributed by atoms with E-state index in [1.165, 1.54) is 24.3 Å². The van der Waals surface area contributed by atoms with E-state index in [9.17, 15) is 13.2 Å². The van der Waals surface area contributed by atoms with Crippen molar-refractivity contribution >= 4 is 44.8 Å². The maximum Gasteiger partial charge on any atom is 0.255 e. The first-order chi connectivity index (χ1) is 11.2. The molecule has 0 radical (unpaired) electrons. The number of anilines is 1. The molecule has 8 heteroatoms. The molecular weight excluding hydrogens is 371 g/mol. The quantitative estimate of drug-likeness (QED) is 0.816. The van der Waals surface area contributed by atoms with Crippen molar-refractivity contribution in [2.75, 3.05) is 5.32 Å². The molecule has 2 rings (SSSR count). The van der Waals surface area contributed by atoms with Crippen LogP contribution in [0.1, 0.15) is 24.2 Å². The van der Waals surface area contributed by atoms with E-state index in [1.807, 2.05) is 0 Å². The molecule has 0 bridgehead atoms. The average Bonchev–Trinajstić information content (AvgIpc) is 2.50. The largest absolute Gasteiger partial charge is 0.319 e. The smallest absolute Gasteiger partial charge is 0.255 e. The molecule has 2 aromatic carbocycles. The zero-order valence-corrected chi connectivity index (χ0v) is 15.3. The van der Waals surface area contributed by atoms with Gasteiger partial charge in [-0.15, -0.1) is 0 Å². The van der Waals surface area contributed by atoms with Gasteiger partial charge in [-0.1, -0.05) is 35.3 Å². The summed E-state index contributed by atoms with van der Waals surface area (Å²) in [6.45, 7) is 3.43. The van der Waals surface area contributed by atoms with Crippen LogP contribution in [0.5, 0.6) is 0 Å². The van der Waals surface area contributed by atoms with Crippen LogP contribution in [0.25, 0.3) is 0 Å². The van der Waals surface area contributed by atoms with Gasteiger partial charge in [0.25, 0.3) is 5.91 Å². The summed E-state index contributed by atoms with van der Waals surface area (Å²) < 4.78 is 26.9. The standard InChI is InChI=1S/C16H16Cl2N2O3S/c1-10(2)20-24(22,23)12-6-3-5-11(9-12)16(21)19-15-13(17)7-4-8-14(15)18/h3-10,20H,1-2H3,(H,19,21). The van der Waals surface area contributed by atoms with Crippen molar-refractivity contribution in [2.45, 2.75) is 24.8 Å². The van der Waals surface area contributed by atoms with Gasteiger partial charge in [0.05, 0.1) is 20.6 Å². The van der Waals surface area contributed by atoms with Gasteiger partial charge >= 0.3 is 0 Å². The number of sulfonamides is 1. The van der Waals surface area contributed by atoms with E-state index in [4.69, 9.17) is 23.2 Å². The molecule has 0 aromatic heterocycles. The number of amides is 1. The fraction of sp³-hybridized carbons (Fsp3) is 0.188. The van der Waals surface area contributed by atoms with E-state index in [-0.39, 0.29) is 22.2 Å². The van der Waals surface area contributed by atoms with Crippen LogP contribution >= 0.6 is 23.2 Å². The van der Waals surface area contributed by atoms with Gasteiger partial charge in [0.15, 0.2) is 0 Å². The summed E-state index contributed by atoms with van der Waals surface area (Å²) in [7, 11) is -3.69. The van der Waals surface area contributed by atoms with Gasteiger partial charge < -0.3 is 5.32 Å². The lowest BCUT2D eigenvalue weighted by Gasteiger charge is -2.12. The molecule has 0 aliphatic carbocycles. The van der Waals surface area contributed by atoms with Crippen molar-refractivity contribution in [3.63, 3.8) is 0 Å². The highest BCUT2D eigenvalue weighted by Crippen LogP contribution is 2.30. The summed E-state index contributed by atoms with van der Waals surface area (Å²) >= 11 is 12.0. The molecule has 0 spiro atoms. The third-order valence-electron chi connectivity index (χ3n) is 3.00. The third kappa shape index (κ3) is 4.48. The molecule has 0 saturated carbocycles. The van der Waals surface area contributed by atoms with Gasteiger partial charge in [0.2, 0.25) is 10.0 Å². The molecule has 24 heavy (non-hydrogen) atoms. The molecule has 2 N–H and O–H groups in total. The average molecular weight is 387 g/mol. The molecule has 0 heterocycles. The Balaban J connectivity index is 2.30. The highest BCUT2D eigenvalue weighted by Gasteiger charge is 2.18. The SMILES string of the molecule is CC(C)NS(=O)(=O)c1cccc(C(=O)Nc2c(Cl)cccc2Cl)c1. The van der Waals surface area contributed by atoms with E-state index in [0.29, 0.717) is 10.0 Å². The Labute approximate surface area is 151 Å². The minimum atomic E-state index is -3.69. The van der Waals surface area contributed by atoms with Crippen LogP contribution in [-0.4, -0.2) is 20.4 Å². The van der Waals surface area contributed by atoms with Crippen LogP contribution in [0.2, 0.25) is 10.0 Å².